The number of anilines is 2. The maximum absolute atomic E-state index is 13.2. The summed E-state index contributed by atoms with van der Waals surface area (Å²) in [6.07, 6.45) is 0. The summed E-state index contributed by atoms with van der Waals surface area (Å²) in [7, 11) is 0. The Hall–Kier alpha value is -2.11. The van der Waals surface area contributed by atoms with Crippen LogP contribution in [0.15, 0.2) is 42.5 Å². The Kier molecular flexibility index (Phi) is 4.79. The first-order valence-corrected chi connectivity index (χ1v) is 7.70. The van der Waals surface area contributed by atoms with Gasteiger partial charge in [-0.05, 0) is 36.4 Å². The van der Waals surface area contributed by atoms with E-state index in [1.165, 1.54) is 18.2 Å². The predicted octanol–water partition coefficient (Wildman–Crippen LogP) is 3.57. The van der Waals surface area contributed by atoms with Crippen LogP contribution in [0.3, 0.4) is 0 Å². The van der Waals surface area contributed by atoms with Crippen LogP contribution >= 0.6 is 11.6 Å². The van der Waals surface area contributed by atoms with Crippen LogP contribution in [0.1, 0.15) is 10.4 Å². The standard InChI is InChI=1S/C17H16ClFN2O2/c18-15-5-4-14(21-6-8-23-9-7-21)11-16(15)20-17(22)12-2-1-3-13(19)10-12/h1-5,10-11H,6-9H2,(H,20,22). The smallest absolute Gasteiger partial charge is 0.255 e. The van der Waals surface area contributed by atoms with Crippen LogP contribution in [-0.4, -0.2) is 32.2 Å². The van der Waals surface area contributed by atoms with Crippen molar-refractivity contribution < 1.29 is 13.9 Å². The molecule has 23 heavy (non-hydrogen) atoms. The molecule has 1 heterocycles. The predicted molar refractivity (Wildman–Crippen MR) is 88.8 cm³/mol. The van der Waals surface area contributed by atoms with E-state index < -0.39 is 11.7 Å². The fourth-order valence-electron chi connectivity index (χ4n) is 2.45. The van der Waals surface area contributed by atoms with Crippen molar-refractivity contribution in [2.24, 2.45) is 0 Å². The molecule has 1 fully saturated rings. The van der Waals surface area contributed by atoms with Gasteiger partial charge in [-0.25, -0.2) is 4.39 Å². The summed E-state index contributed by atoms with van der Waals surface area (Å²) in [5, 5.41) is 3.17. The molecule has 6 heteroatoms. The zero-order valence-corrected chi connectivity index (χ0v) is 13.1. The van der Waals surface area contributed by atoms with Crippen LogP contribution in [0.25, 0.3) is 0 Å². The van der Waals surface area contributed by atoms with Crippen molar-refractivity contribution in [3.63, 3.8) is 0 Å². The molecule has 1 N–H and O–H groups in total. The third-order valence-electron chi connectivity index (χ3n) is 3.66. The first-order valence-electron chi connectivity index (χ1n) is 7.32. The topological polar surface area (TPSA) is 41.6 Å². The minimum absolute atomic E-state index is 0.248. The Morgan fingerprint density at radius 1 is 1.17 bits per heavy atom. The van der Waals surface area contributed by atoms with Crippen LogP contribution in [0.2, 0.25) is 5.02 Å². The molecule has 0 radical (unpaired) electrons. The van der Waals surface area contributed by atoms with Gasteiger partial charge in [0.15, 0.2) is 0 Å². The van der Waals surface area contributed by atoms with Gasteiger partial charge in [-0.2, -0.15) is 0 Å². The summed E-state index contributed by atoms with van der Waals surface area (Å²) in [4.78, 5) is 14.4. The van der Waals surface area contributed by atoms with Crippen LogP contribution in [0.4, 0.5) is 15.8 Å². The fourth-order valence-corrected chi connectivity index (χ4v) is 2.62. The molecular weight excluding hydrogens is 319 g/mol. The van der Waals surface area contributed by atoms with Gasteiger partial charge in [0, 0.05) is 24.3 Å². The number of morpholine rings is 1. The third-order valence-corrected chi connectivity index (χ3v) is 3.99. The van der Waals surface area contributed by atoms with Gasteiger partial charge in [0.25, 0.3) is 5.91 Å². The van der Waals surface area contributed by atoms with Crippen molar-refractivity contribution in [2.75, 3.05) is 36.5 Å². The average molecular weight is 335 g/mol. The summed E-state index contributed by atoms with van der Waals surface area (Å²) in [6, 6.07) is 11.0. The third kappa shape index (κ3) is 3.81. The molecule has 0 bridgehead atoms. The monoisotopic (exact) mass is 334 g/mol. The van der Waals surface area contributed by atoms with E-state index in [-0.39, 0.29) is 5.56 Å². The molecular formula is C17H16ClFN2O2. The number of ether oxygens (including phenoxy) is 1. The molecule has 0 aromatic heterocycles. The van der Waals surface area contributed by atoms with Crippen molar-refractivity contribution in [1.29, 1.82) is 0 Å². The maximum Gasteiger partial charge on any atom is 0.255 e. The highest BCUT2D eigenvalue weighted by molar-refractivity contribution is 6.34. The summed E-state index contributed by atoms with van der Waals surface area (Å²) in [6.45, 7) is 2.93. The summed E-state index contributed by atoms with van der Waals surface area (Å²) in [5.41, 5.74) is 1.72. The van der Waals surface area contributed by atoms with E-state index >= 15 is 0 Å². The molecule has 120 valence electrons. The van der Waals surface area contributed by atoms with E-state index in [0.29, 0.717) is 23.9 Å². The van der Waals surface area contributed by atoms with Gasteiger partial charge in [0.2, 0.25) is 0 Å². The van der Waals surface area contributed by atoms with Gasteiger partial charge in [0.1, 0.15) is 5.82 Å². The Bertz CT molecular complexity index is 717. The molecule has 0 spiro atoms. The molecule has 0 atom stereocenters. The van der Waals surface area contributed by atoms with Gasteiger partial charge in [-0.1, -0.05) is 17.7 Å². The van der Waals surface area contributed by atoms with Gasteiger partial charge in [0.05, 0.1) is 23.9 Å². The van der Waals surface area contributed by atoms with E-state index in [4.69, 9.17) is 16.3 Å². The molecule has 4 nitrogen and oxygen atoms in total. The van der Waals surface area contributed by atoms with Gasteiger partial charge in [-0.15, -0.1) is 0 Å². The number of carbonyl (C=O) groups excluding carboxylic acids is 1. The number of hydrogen-bond donors (Lipinski definition) is 1. The summed E-state index contributed by atoms with van der Waals surface area (Å²) >= 11 is 6.17. The van der Waals surface area contributed by atoms with Crippen LogP contribution in [-0.2, 0) is 4.74 Å². The Morgan fingerprint density at radius 2 is 1.96 bits per heavy atom. The van der Waals surface area contributed by atoms with Crippen molar-refractivity contribution >= 4 is 28.9 Å². The number of hydrogen-bond acceptors (Lipinski definition) is 3. The van der Waals surface area contributed by atoms with Crippen molar-refractivity contribution in [3.8, 4) is 0 Å². The molecule has 2 aromatic rings. The molecule has 0 aliphatic carbocycles. The lowest BCUT2D eigenvalue weighted by atomic mass is 10.2. The Labute approximate surface area is 138 Å². The summed E-state index contributed by atoms with van der Waals surface area (Å²) in [5.74, 6) is -0.851. The second-order valence-electron chi connectivity index (χ2n) is 5.23. The molecule has 1 amide bonds. The van der Waals surface area contributed by atoms with E-state index in [9.17, 15) is 9.18 Å². The lowest BCUT2D eigenvalue weighted by Gasteiger charge is -2.29. The van der Waals surface area contributed by atoms with Gasteiger partial charge in [-0.3, -0.25) is 4.79 Å². The highest BCUT2D eigenvalue weighted by atomic mass is 35.5. The molecule has 2 aromatic carbocycles. The minimum atomic E-state index is -0.453. The number of nitrogens with zero attached hydrogens (tertiary/aromatic N) is 1. The zero-order valence-electron chi connectivity index (χ0n) is 12.4. The Morgan fingerprint density at radius 3 is 2.70 bits per heavy atom. The largest absolute Gasteiger partial charge is 0.378 e. The van der Waals surface area contributed by atoms with Crippen LogP contribution < -0.4 is 10.2 Å². The second kappa shape index (κ2) is 6.98. The molecule has 3 rings (SSSR count). The highest BCUT2D eigenvalue weighted by Gasteiger charge is 2.14. The molecule has 0 unspecified atom stereocenters. The van der Waals surface area contributed by atoms with Crippen LogP contribution in [0.5, 0.6) is 0 Å². The first kappa shape index (κ1) is 15.8. The normalized spacial score (nSPS) is 14.6. The SMILES string of the molecule is O=C(Nc1cc(N2CCOCC2)ccc1Cl)c1cccc(F)c1. The first-order chi connectivity index (χ1) is 11.1. The highest BCUT2D eigenvalue weighted by Crippen LogP contribution is 2.28. The molecule has 1 aliphatic heterocycles. The van der Waals surface area contributed by atoms with E-state index in [2.05, 4.69) is 10.2 Å². The van der Waals surface area contributed by atoms with Gasteiger partial charge < -0.3 is 15.0 Å². The van der Waals surface area contributed by atoms with Crippen molar-refractivity contribution in [2.45, 2.75) is 0 Å². The number of rotatable bonds is 3. The van der Waals surface area contributed by atoms with E-state index in [1.807, 2.05) is 12.1 Å². The maximum atomic E-state index is 13.2. The second-order valence-corrected chi connectivity index (χ2v) is 5.64. The fraction of sp³-hybridized carbons (Fsp3) is 0.235. The number of nitrogens with one attached hydrogen (secondary N) is 1. The summed E-state index contributed by atoms with van der Waals surface area (Å²) < 4.78 is 18.6. The van der Waals surface area contributed by atoms with Gasteiger partial charge >= 0.3 is 0 Å². The molecule has 1 aliphatic rings. The number of halogens is 2. The number of carbonyl (C=O) groups is 1. The Balaban J connectivity index is 1.80. The molecule has 0 saturated carbocycles. The van der Waals surface area contributed by atoms with Crippen molar-refractivity contribution in [3.05, 3.63) is 58.9 Å². The van der Waals surface area contributed by atoms with Crippen molar-refractivity contribution in [1.82, 2.24) is 0 Å². The van der Waals surface area contributed by atoms with E-state index in [0.717, 1.165) is 18.8 Å². The lowest BCUT2D eigenvalue weighted by molar-refractivity contribution is 0.102. The quantitative estimate of drug-likeness (QED) is 0.933. The van der Waals surface area contributed by atoms with Crippen LogP contribution in [0, 0.1) is 5.82 Å². The van der Waals surface area contributed by atoms with E-state index in [1.54, 1.807) is 12.1 Å². The average Bonchev–Trinajstić information content (AvgIpc) is 2.57. The number of amides is 1. The minimum Gasteiger partial charge on any atom is -0.378 e. The zero-order chi connectivity index (χ0) is 16.2. The lowest BCUT2D eigenvalue weighted by Crippen LogP contribution is -2.36. The molecule has 1 saturated heterocycles. The number of benzene rings is 2.